The van der Waals surface area contributed by atoms with Crippen molar-refractivity contribution in [2.45, 2.75) is 11.6 Å². The summed E-state index contributed by atoms with van der Waals surface area (Å²) in [6, 6.07) is 18.0. The Morgan fingerprint density at radius 3 is 2.72 bits per heavy atom. The highest BCUT2D eigenvalue weighted by Crippen LogP contribution is 2.31. The van der Waals surface area contributed by atoms with Crippen molar-refractivity contribution in [3.8, 4) is 11.3 Å². The Kier molecular flexibility index (Phi) is 4.42. The number of hydrogen-bond donors (Lipinski definition) is 0. The average Bonchev–Trinajstić information content (AvgIpc) is 3.09. The summed E-state index contributed by atoms with van der Waals surface area (Å²) >= 11 is 7.73. The third-order valence-electron chi connectivity index (χ3n) is 3.96. The van der Waals surface area contributed by atoms with Crippen molar-refractivity contribution >= 4 is 34.3 Å². The minimum absolute atomic E-state index is 0.678. The van der Waals surface area contributed by atoms with Gasteiger partial charge in [-0.1, -0.05) is 53.2 Å². The molecule has 2 heterocycles. The van der Waals surface area contributed by atoms with Crippen LogP contribution in [0.15, 0.2) is 65.8 Å². The van der Waals surface area contributed by atoms with E-state index in [-0.39, 0.29) is 0 Å². The van der Waals surface area contributed by atoms with Gasteiger partial charge in [0.05, 0.1) is 23.3 Å². The van der Waals surface area contributed by atoms with Gasteiger partial charge in [-0.2, -0.15) is 0 Å². The summed E-state index contributed by atoms with van der Waals surface area (Å²) in [5, 5.41) is 11.3. The van der Waals surface area contributed by atoms with Gasteiger partial charge in [-0.25, -0.2) is 9.67 Å². The van der Waals surface area contributed by atoms with Crippen molar-refractivity contribution in [1.82, 2.24) is 20.0 Å². The van der Waals surface area contributed by atoms with E-state index in [2.05, 4.69) is 33.5 Å². The molecule has 2 aromatic carbocycles. The van der Waals surface area contributed by atoms with Crippen molar-refractivity contribution in [1.29, 1.82) is 0 Å². The minimum Gasteiger partial charge on any atom is -0.247 e. The molecule has 6 heteroatoms. The van der Waals surface area contributed by atoms with Crippen LogP contribution >= 0.6 is 23.4 Å². The molecule has 4 aromatic rings. The summed E-state index contributed by atoms with van der Waals surface area (Å²) in [7, 11) is 0. The van der Waals surface area contributed by atoms with Crippen LogP contribution in [0, 0.1) is 0 Å². The van der Waals surface area contributed by atoms with Gasteiger partial charge in [0.25, 0.3) is 0 Å². The summed E-state index contributed by atoms with van der Waals surface area (Å²) < 4.78 is 1.85. The predicted molar refractivity (Wildman–Crippen MR) is 103 cm³/mol. The van der Waals surface area contributed by atoms with Crippen LogP contribution in [0.1, 0.15) is 5.56 Å². The summed E-state index contributed by atoms with van der Waals surface area (Å²) in [5.41, 5.74) is 3.91. The van der Waals surface area contributed by atoms with Gasteiger partial charge in [-0.3, -0.25) is 0 Å². The predicted octanol–water partition coefficient (Wildman–Crippen LogP) is 4.92. The minimum atomic E-state index is 0.678. The van der Waals surface area contributed by atoms with E-state index in [1.165, 1.54) is 5.56 Å². The largest absolute Gasteiger partial charge is 0.247 e. The van der Waals surface area contributed by atoms with E-state index in [9.17, 15) is 0 Å². The number of benzene rings is 2. The molecule has 0 atom stereocenters. The Bertz CT molecular complexity index is 1030. The fourth-order valence-corrected chi connectivity index (χ4v) is 3.36. The first-order valence-electron chi connectivity index (χ1n) is 7.81. The molecule has 0 N–H and O–H groups in total. The molecule has 2 aromatic heterocycles. The van der Waals surface area contributed by atoms with Gasteiger partial charge in [-0.05, 0) is 30.0 Å². The summed E-state index contributed by atoms with van der Waals surface area (Å²) in [5.74, 6) is 0. The molecular formula is C19H15ClN4S. The Morgan fingerprint density at radius 2 is 1.92 bits per heavy atom. The number of nitrogens with zero attached hydrogens (tertiary/aromatic N) is 4. The van der Waals surface area contributed by atoms with Gasteiger partial charge in [0, 0.05) is 16.0 Å². The van der Waals surface area contributed by atoms with E-state index < -0.39 is 0 Å². The molecule has 0 amide bonds. The molecule has 0 bridgehead atoms. The Labute approximate surface area is 154 Å². The third-order valence-corrected chi connectivity index (χ3v) is 4.82. The van der Waals surface area contributed by atoms with Crippen molar-refractivity contribution in [3.05, 3.63) is 71.4 Å². The fraction of sp³-hybridized carbons (Fsp3) is 0.105. The zero-order valence-corrected chi connectivity index (χ0v) is 15.1. The lowest BCUT2D eigenvalue weighted by Gasteiger charge is -2.06. The van der Waals surface area contributed by atoms with E-state index in [4.69, 9.17) is 11.6 Å². The first-order valence-corrected chi connectivity index (χ1v) is 9.42. The normalized spacial score (nSPS) is 11.1. The molecule has 0 saturated heterocycles. The molecule has 4 nitrogen and oxygen atoms in total. The molecule has 0 aliphatic heterocycles. The zero-order chi connectivity index (χ0) is 17.2. The standard InChI is InChI=1S/C19H15ClN4S/c1-25-19-10-16(15-8-7-14(20)9-17(15)21-19)18-12-24(23-22-18)11-13-5-3-2-4-6-13/h2-10,12H,11H2,1H3. The maximum atomic E-state index is 6.13. The Morgan fingerprint density at radius 1 is 1.08 bits per heavy atom. The second-order valence-electron chi connectivity index (χ2n) is 5.66. The number of rotatable bonds is 4. The number of aromatic nitrogens is 4. The highest BCUT2D eigenvalue weighted by Gasteiger charge is 2.12. The number of hydrogen-bond acceptors (Lipinski definition) is 4. The Hall–Kier alpha value is -2.37. The maximum Gasteiger partial charge on any atom is 0.113 e. The lowest BCUT2D eigenvalue weighted by atomic mass is 10.1. The van der Waals surface area contributed by atoms with Crippen molar-refractivity contribution in [3.63, 3.8) is 0 Å². The molecule has 25 heavy (non-hydrogen) atoms. The molecule has 0 unspecified atom stereocenters. The monoisotopic (exact) mass is 366 g/mol. The van der Waals surface area contributed by atoms with Crippen molar-refractivity contribution in [2.75, 3.05) is 6.26 Å². The van der Waals surface area contributed by atoms with Gasteiger partial charge >= 0.3 is 0 Å². The fourth-order valence-electron chi connectivity index (χ4n) is 2.76. The van der Waals surface area contributed by atoms with Crippen LogP contribution in [0.4, 0.5) is 0 Å². The molecule has 0 aliphatic rings. The number of fused-ring (bicyclic) bond motifs is 1. The average molecular weight is 367 g/mol. The SMILES string of the molecule is CSc1cc(-c2cn(Cc3ccccc3)nn2)c2ccc(Cl)cc2n1. The Balaban J connectivity index is 1.77. The third kappa shape index (κ3) is 3.38. The highest BCUT2D eigenvalue weighted by atomic mass is 35.5. The van der Waals surface area contributed by atoms with E-state index >= 15 is 0 Å². The lowest BCUT2D eigenvalue weighted by molar-refractivity contribution is 0.650. The van der Waals surface area contributed by atoms with Crippen LogP contribution in [-0.2, 0) is 6.54 Å². The van der Waals surface area contributed by atoms with E-state index in [1.54, 1.807) is 11.8 Å². The van der Waals surface area contributed by atoms with Crippen LogP contribution in [0.25, 0.3) is 22.2 Å². The second kappa shape index (κ2) is 6.86. The zero-order valence-electron chi connectivity index (χ0n) is 13.6. The molecule has 0 saturated carbocycles. The molecule has 0 spiro atoms. The molecule has 124 valence electrons. The quantitative estimate of drug-likeness (QED) is 0.481. The van der Waals surface area contributed by atoms with E-state index in [0.29, 0.717) is 11.6 Å². The summed E-state index contributed by atoms with van der Waals surface area (Å²) in [6.07, 6.45) is 3.98. The number of thioether (sulfide) groups is 1. The number of halogens is 1. The van der Waals surface area contributed by atoms with Crippen LogP contribution in [0.2, 0.25) is 5.02 Å². The topological polar surface area (TPSA) is 43.6 Å². The van der Waals surface area contributed by atoms with E-state index in [0.717, 1.165) is 27.2 Å². The molecule has 0 fully saturated rings. The summed E-state index contributed by atoms with van der Waals surface area (Å²) in [4.78, 5) is 4.64. The smallest absolute Gasteiger partial charge is 0.113 e. The van der Waals surface area contributed by atoms with Crippen molar-refractivity contribution < 1.29 is 0 Å². The summed E-state index contributed by atoms with van der Waals surface area (Å²) in [6.45, 7) is 0.693. The van der Waals surface area contributed by atoms with Gasteiger partial charge in [0.15, 0.2) is 0 Å². The van der Waals surface area contributed by atoms with Crippen molar-refractivity contribution in [2.24, 2.45) is 0 Å². The van der Waals surface area contributed by atoms with Gasteiger partial charge < -0.3 is 0 Å². The molecule has 4 rings (SSSR count). The molecule has 0 radical (unpaired) electrons. The van der Waals surface area contributed by atoms with Crippen LogP contribution in [-0.4, -0.2) is 26.2 Å². The van der Waals surface area contributed by atoms with Gasteiger partial charge in [0.1, 0.15) is 5.69 Å². The van der Waals surface area contributed by atoms with Crippen LogP contribution in [0.5, 0.6) is 0 Å². The first kappa shape index (κ1) is 16.1. The number of pyridine rings is 1. The maximum absolute atomic E-state index is 6.13. The van der Waals surface area contributed by atoms with Crippen LogP contribution < -0.4 is 0 Å². The molecular weight excluding hydrogens is 352 g/mol. The van der Waals surface area contributed by atoms with E-state index in [1.807, 2.05) is 53.5 Å². The van der Waals surface area contributed by atoms with Gasteiger partial charge in [0.2, 0.25) is 0 Å². The second-order valence-corrected chi connectivity index (χ2v) is 6.92. The lowest BCUT2D eigenvalue weighted by Crippen LogP contribution is -1.99. The first-order chi connectivity index (χ1) is 12.2. The van der Waals surface area contributed by atoms with Gasteiger partial charge in [-0.15, -0.1) is 16.9 Å². The molecule has 0 aliphatic carbocycles. The van der Waals surface area contributed by atoms with Crippen LogP contribution in [0.3, 0.4) is 0 Å². The highest BCUT2D eigenvalue weighted by molar-refractivity contribution is 7.98.